The highest BCUT2D eigenvalue weighted by molar-refractivity contribution is 5.29. The van der Waals surface area contributed by atoms with Gasteiger partial charge in [0.15, 0.2) is 0 Å². The Labute approximate surface area is 119 Å². The van der Waals surface area contributed by atoms with Crippen molar-refractivity contribution in [3.05, 3.63) is 53.7 Å². The average Bonchev–Trinajstić information content (AvgIpc) is 2.53. The van der Waals surface area contributed by atoms with E-state index in [9.17, 15) is 5.11 Å². The number of ether oxygens (including phenoxy) is 2. The average molecular weight is 273 g/mol. The van der Waals surface area contributed by atoms with Gasteiger partial charge in [-0.1, -0.05) is 12.1 Å². The van der Waals surface area contributed by atoms with E-state index in [4.69, 9.17) is 9.47 Å². The summed E-state index contributed by atoms with van der Waals surface area (Å²) in [5.41, 5.74) is 1.89. The molecule has 0 amide bonds. The molecule has 0 spiro atoms. The quantitative estimate of drug-likeness (QED) is 0.879. The number of aliphatic hydroxyl groups excluding tert-OH is 1. The second kappa shape index (κ2) is 6.91. The Morgan fingerprint density at radius 2 is 1.85 bits per heavy atom. The van der Waals surface area contributed by atoms with Crippen LogP contribution in [0.4, 0.5) is 0 Å². The smallest absolute Gasteiger partial charge is 0.218 e. The summed E-state index contributed by atoms with van der Waals surface area (Å²) in [5.74, 6) is 1.32. The highest BCUT2D eigenvalue weighted by atomic mass is 16.5. The maximum atomic E-state index is 10.2. The number of methoxy groups -OCH3 is 2. The number of aryl methyl sites for hydroxylation is 1. The normalized spacial score (nSPS) is 11.9. The fraction of sp³-hybridized carbons (Fsp3) is 0.312. The van der Waals surface area contributed by atoms with E-state index in [0.717, 1.165) is 23.3 Å². The summed E-state index contributed by atoms with van der Waals surface area (Å²) in [5, 5.41) is 10.2. The molecular formula is C16H19NO3. The highest BCUT2D eigenvalue weighted by Crippen LogP contribution is 2.26. The molecule has 1 N–H and O–H groups in total. The van der Waals surface area contributed by atoms with Crippen LogP contribution in [0.5, 0.6) is 11.6 Å². The third-order valence-electron chi connectivity index (χ3n) is 3.22. The molecule has 0 bridgehead atoms. The molecule has 0 radical (unpaired) electrons. The minimum absolute atomic E-state index is 0.481. The molecule has 4 nitrogen and oxygen atoms in total. The molecule has 106 valence electrons. The number of hydrogen-bond donors (Lipinski definition) is 1. The Kier molecular flexibility index (Phi) is 4.96. The van der Waals surface area contributed by atoms with Crippen LogP contribution >= 0.6 is 0 Å². The number of aliphatic hydroxyl groups is 1. The Morgan fingerprint density at radius 3 is 2.50 bits per heavy atom. The molecule has 2 rings (SSSR count). The van der Waals surface area contributed by atoms with Crippen LogP contribution in [0.25, 0.3) is 0 Å². The first-order valence-electron chi connectivity index (χ1n) is 6.54. The first kappa shape index (κ1) is 14.3. The maximum Gasteiger partial charge on any atom is 0.218 e. The molecule has 1 aromatic heterocycles. The van der Waals surface area contributed by atoms with Crippen LogP contribution in [0.3, 0.4) is 0 Å². The summed E-state index contributed by atoms with van der Waals surface area (Å²) < 4.78 is 10.3. The van der Waals surface area contributed by atoms with Crippen molar-refractivity contribution >= 4 is 0 Å². The van der Waals surface area contributed by atoms with E-state index in [2.05, 4.69) is 4.98 Å². The largest absolute Gasteiger partial charge is 0.497 e. The lowest BCUT2D eigenvalue weighted by Crippen LogP contribution is -2.03. The van der Waals surface area contributed by atoms with Gasteiger partial charge >= 0.3 is 0 Å². The number of aromatic nitrogens is 1. The van der Waals surface area contributed by atoms with Crippen LogP contribution < -0.4 is 9.47 Å². The summed E-state index contributed by atoms with van der Waals surface area (Å²) in [4.78, 5) is 4.10. The Hall–Kier alpha value is -2.07. The first-order chi connectivity index (χ1) is 9.74. The Balaban J connectivity index is 1.98. The van der Waals surface area contributed by atoms with Crippen molar-refractivity contribution in [3.8, 4) is 11.6 Å². The summed E-state index contributed by atoms with van der Waals surface area (Å²) in [7, 11) is 3.20. The van der Waals surface area contributed by atoms with Crippen LogP contribution in [-0.4, -0.2) is 24.3 Å². The Morgan fingerprint density at radius 1 is 1.10 bits per heavy atom. The van der Waals surface area contributed by atoms with Gasteiger partial charge in [-0.05, 0) is 42.7 Å². The molecule has 1 atom stereocenters. The van der Waals surface area contributed by atoms with Gasteiger partial charge in [-0.2, -0.15) is 0 Å². The zero-order valence-electron chi connectivity index (χ0n) is 11.7. The van der Waals surface area contributed by atoms with Gasteiger partial charge in [-0.15, -0.1) is 0 Å². The summed E-state index contributed by atoms with van der Waals surface area (Å²) >= 11 is 0. The first-order valence-corrected chi connectivity index (χ1v) is 6.54. The topological polar surface area (TPSA) is 51.6 Å². The molecule has 0 aliphatic heterocycles. The minimum atomic E-state index is -0.583. The van der Waals surface area contributed by atoms with Gasteiger partial charge < -0.3 is 14.6 Å². The van der Waals surface area contributed by atoms with Crippen molar-refractivity contribution in [1.82, 2.24) is 4.98 Å². The number of hydrogen-bond acceptors (Lipinski definition) is 4. The molecule has 1 unspecified atom stereocenters. The van der Waals surface area contributed by atoms with Crippen molar-refractivity contribution < 1.29 is 14.6 Å². The molecule has 1 heterocycles. The van der Waals surface area contributed by atoms with Gasteiger partial charge in [-0.25, -0.2) is 4.98 Å². The van der Waals surface area contributed by atoms with Gasteiger partial charge in [0.25, 0.3) is 0 Å². The third kappa shape index (κ3) is 3.48. The fourth-order valence-electron chi connectivity index (χ4n) is 2.08. The van der Waals surface area contributed by atoms with Gasteiger partial charge in [-0.3, -0.25) is 0 Å². The standard InChI is InChI=1S/C16H19NO3/c1-19-13-8-5-12(6-9-13)7-10-15(18)14-4-3-11-17-16(14)20-2/h3-6,8-9,11,15,18H,7,10H2,1-2H3. The molecular weight excluding hydrogens is 254 g/mol. The minimum Gasteiger partial charge on any atom is -0.497 e. The fourth-order valence-corrected chi connectivity index (χ4v) is 2.08. The number of nitrogens with zero attached hydrogens (tertiary/aromatic N) is 1. The number of benzene rings is 1. The van der Waals surface area contributed by atoms with Crippen molar-refractivity contribution in [2.75, 3.05) is 14.2 Å². The molecule has 20 heavy (non-hydrogen) atoms. The predicted molar refractivity (Wildman–Crippen MR) is 77.1 cm³/mol. The van der Waals surface area contributed by atoms with E-state index in [0.29, 0.717) is 12.3 Å². The number of pyridine rings is 1. The Bertz CT molecular complexity index is 540. The zero-order valence-corrected chi connectivity index (χ0v) is 11.7. The van der Waals surface area contributed by atoms with E-state index >= 15 is 0 Å². The molecule has 0 aliphatic rings. The van der Waals surface area contributed by atoms with E-state index in [1.807, 2.05) is 30.3 Å². The van der Waals surface area contributed by atoms with Crippen LogP contribution in [0.15, 0.2) is 42.6 Å². The van der Waals surface area contributed by atoms with Crippen LogP contribution in [-0.2, 0) is 6.42 Å². The van der Waals surface area contributed by atoms with E-state index < -0.39 is 6.10 Å². The van der Waals surface area contributed by atoms with Crippen LogP contribution in [0.1, 0.15) is 23.7 Å². The van der Waals surface area contributed by atoms with E-state index in [1.54, 1.807) is 26.5 Å². The highest BCUT2D eigenvalue weighted by Gasteiger charge is 2.13. The maximum absolute atomic E-state index is 10.2. The van der Waals surface area contributed by atoms with Crippen LogP contribution in [0, 0.1) is 0 Å². The molecule has 1 aromatic carbocycles. The van der Waals surface area contributed by atoms with Gasteiger partial charge in [0.2, 0.25) is 5.88 Å². The zero-order chi connectivity index (χ0) is 14.4. The summed E-state index contributed by atoms with van der Waals surface area (Å²) in [6.45, 7) is 0. The second-order valence-corrected chi connectivity index (χ2v) is 4.50. The predicted octanol–water partition coefficient (Wildman–Crippen LogP) is 2.77. The lowest BCUT2D eigenvalue weighted by molar-refractivity contribution is 0.162. The van der Waals surface area contributed by atoms with Crippen molar-refractivity contribution in [2.24, 2.45) is 0 Å². The molecule has 0 saturated carbocycles. The molecule has 0 fully saturated rings. The van der Waals surface area contributed by atoms with E-state index in [1.165, 1.54) is 0 Å². The monoisotopic (exact) mass is 273 g/mol. The second-order valence-electron chi connectivity index (χ2n) is 4.50. The molecule has 2 aromatic rings. The van der Waals surface area contributed by atoms with Crippen molar-refractivity contribution in [1.29, 1.82) is 0 Å². The van der Waals surface area contributed by atoms with Crippen molar-refractivity contribution in [3.63, 3.8) is 0 Å². The van der Waals surface area contributed by atoms with Gasteiger partial charge in [0, 0.05) is 11.8 Å². The lowest BCUT2D eigenvalue weighted by Gasteiger charge is -2.13. The van der Waals surface area contributed by atoms with Gasteiger partial charge in [0.05, 0.1) is 20.3 Å². The number of rotatable bonds is 6. The lowest BCUT2D eigenvalue weighted by atomic mass is 10.0. The van der Waals surface area contributed by atoms with E-state index in [-0.39, 0.29) is 0 Å². The molecule has 0 saturated heterocycles. The van der Waals surface area contributed by atoms with Crippen LogP contribution in [0.2, 0.25) is 0 Å². The van der Waals surface area contributed by atoms with Crippen molar-refractivity contribution in [2.45, 2.75) is 18.9 Å². The molecule has 0 aliphatic carbocycles. The summed E-state index contributed by atoms with van der Waals surface area (Å²) in [6.07, 6.45) is 2.47. The van der Waals surface area contributed by atoms with Gasteiger partial charge in [0.1, 0.15) is 5.75 Å². The SMILES string of the molecule is COc1ccc(CCC(O)c2cccnc2OC)cc1. The molecule has 4 heteroatoms. The third-order valence-corrected chi connectivity index (χ3v) is 3.22. The summed E-state index contributed by atoms with van der Waals surface area (Å²) in [6, 6.07) is 11.5.